The van der Waals surface area contributed by atoms with Gasteiger partial charge in [-0.25, -0.2) is 12.7 Å². The van der Waals surface area contributed by atoms with E-state index < -0.39 is 57.8 Å². The van der Waals surface area contributed by atoms with Gasteiger partial charge in [-0.05, 0) is 61.6 Å². The van der Waals surface area contributed by atoms with Gasteiger partial charge in [0.25, 0.3) is 0 Å². The van der Waals surface area contributed by atoms with Crippen LogP contribution in [0.15, 0.2) is 54.7 Å². The molecule has 2 amide bonds. The molecule has 0 radical (unpaired) electrons. The molecule has 2 aliphatic rings. The number of amides is 2. The summed E-state index contributed by atoms with van der Waals surface area (Å²) in [6, 6.07) is 12.9. The minimum atomic E-state index is -3.88. The highest BCUT2D eigenvalue weighted by Gasteiger charge is 2.40. The smallest absolute Gasteiger partial charge is 0.242 e. The first-order valence-corrected chi connectivity index (χ1v) is 19.0. The van der Waals surface area contributed by atoms with Gasteiger partial charge in [0.05, 0.1) is 23.8 Å². The highest BCUT2D eigenvalue weighted by molar-refractivity contribution is 7.89. The quantitative estimate of drug-likeness (QED) is 0.167. The summed E-state index contributed by atoms with van der Waals surface area (Å²) in [5.74, 6) is 0.353. The van der Waals surface area contributed by atoms with Gasteiger partial charge in [0, 0.05) is 38.3 Å². The maximum Gasteiger partial charge on any atom is 0.242 e. The lowest BCUT2D eigenvalue weighted by Gasteiger charge is -2.33. The molecule has 2 aromatic rings. The number of sulfonamides is 1. The van der Waals surface area contributed by atoms with Crippen LogP contribution in [0.3, 0.4) is 0 Å². The van der Waals surface area contributed by atoms with Crippen molar-refractivity contribution in [3.63, 3.8) is 0 Å². The van der Waals surface area contributed by atoms with Gasteiger partial charge in [0.1, 0.15) is 12.1 Å². The van der Waals surface area contributed by atoms with Gasteiger partial charge in [-0.3, -0.25) is 14.6 Å². The van der Waals surface area contributed by atoms with Crippen LogP contribution in [-0.2, 0) is 32.5 Å². The summed E-state index contributed by atoms with van der Waals surface area (Å²) in [6.07, 6.45) is 13.6. The first-order chi connectivity index (χ1) is 23.1. The number of aromatic nitrogens is 1. The predicted octanol–water partition coefficient (Wildman–Crippen LogP) is 3.23. The Kier molecular flexibility index (Phi) is 14.4. The summed E-state index contributed by atoms with van der Waals surface area (Å²) >= 11 is 0. The molecule has 10 nitrogen and oxygen atoms in total. The second kappa shape index (κ2) is 18.5. The molecule has 5 atom stereocenters. The van der Waals surface area contributed by atoms with Gasteiger partial charge in [-0.1, -0.05) is 68.5 Å². The minimum absolute atomic E-state index is 0.0190. The number of hydrogen-bond acceptors (Lipinski definition) is 7. The number of likely N-dealkylation sites (N-methyl/N-ethyl adjacent to an activating group) is 1. The lowest BCUT2D eigenvalue weighted by atomic mass is 9.82. The third-order valence-corrected chi connectivity index (χ3v) is 11.7. The predicted molar refractivity (Wildman–Crippen MR) is 186 cm³/mol. The van der Waals surface area contributed by atoms with Crippen LogP contribution in [0.25, 0.3) is 0 Å². The Balaban J connectivity index is 1.49. The van der Waals surface area contributed by atoms with E-state index in [1.165, 1.54) is 17.8 Å². The van der Waals surface area contributed by atoms with Crippen LogP contribution in [0.5, 0.6) is 0 Å². The summed E-state index contributed by atoms with van der Waals surface area (Å²) in [5, 5.41) is 27.8. The Bertz CT molecular complexity index is 1440. The largest absolute Gasteiger partial charge is 0.390 e. The fourth-order valence-corrected chi connectivity index (χ4v) is 7.96. The number of hydrogen-bond donors (Lipinski definition) is 4. The van der Waals surface area contributed by atoms with Crippen molar-refractivity contribution in [3.05, 3.63) is 66.0 Å². The molecule has 4 N–H and O–H groups in total. The van der Waals surface area contributed by atoms with Crippen molar-refractivity contribution in [2.75, 3.05) is 19.3 Å². The highest BCUT2D eigenvalue weighted by atomic mass is 32.2. The fourth-order valence-electron chi connectivity index (χ4n) is 6.55. The van der Waals surface area contributed by atoms with Crippen molar-refractivity contribution >= 4 is 21.8 Å². The van der Waals surface area contributed by atoms with E-state index >= 15 is 0 Å². The Morgan fingerprint density at radius 2 is 1.71 bits per heavy atom. The molecular formula is C37H52N4O6S. The molecule has 2 saturated carbocycles. The maximum atomic E-state index is 13.9. The van der Waals surface area contributed by atoms with Crippen molar-refractivity contribution in [3.8, 4) is 12.3 Å². The van der Waals surface area contributed by atoms with Crippen LogP contribution in [0, 0.1) is 30.1 Å². The lowest BCUT2D eigenvalue weighted by Crippen LogP contribution is -2.56. The summed E-state index contributed by atoms with van der Waals surface area (Å²) in [6.45, 7) is 0.198. The summed E-state index contributed by atoms with van der Waals surface area (Å²) in [7, 11) is -2.38. The van der Waals surface area contributed by atoms with Crippen molar-refractivity contribution in [2.45, 2.75) is 101 Å². The van der Waals surface area contributed by atoms with E-state index in [1.807, 2.05) is 42.5 Å². The monoisotopic (exact) mass is 680 g/mol. The first-order valence-electron chi connectivity index (χ1n) is 17.4. The van der Waals surface area contributed by atoms with Crippen LogP contribution < -0.4 is 10.6 Å². The number of pyridine rings is 1. The highest BCUT2D eigenvalue weighted by Crippen LogP contribution is 2.36. The average molecular weight is 681 g/mol. The summed E-state index contributed by atoms with van der Waals surface area (Å²) in [4.78, 5) is 32.0. The third-order valence-electron chi connectivity index (χ3n) is 9.71. The van der Waals surface area contributed by atoms with Gasteiger partial charge >= 0.3 is 0 Å². The second-order valence-electron chi connectivity index (χ2n) is 13.5. The van der Waals surface area contributed by atoms with Gasteiger partial charge in [0.15, 0.2) is 0 Å². The number of nitrogens with zero attached hydrogens (tertiary/aromatic N) is 2. The van der Waals surface area contributed by atoms with Crippen molar-refractivity contribution in [1.29, 1.82) is 0 Å². The standard InChI is InChI=1S/C37H52N4O6S/c1-3-4-18-32(37(45)40-33(25-28-15-9-6-10-16-28)35(43)34(42)29-19-20-29)39-36(44)30(24-27-13-7-5-8-14-27)26-48(46,47)41(2)23-21-31-17-11-12-22-38-31/h1,5,7-8,11-14,17,22,28-30,32-35,42-43H,4,6,9-10,15-16,18-21,23-26H2,2H3,(H,39,44)(H,40,45)/t30-,32+,33+,34+,35-/m1/s1. The van der Waals surface area contributed by atoms with Gasteiger partial charge < -0.3 is 20.8 Å². The number of carbonyl (C=O) groups is 2. The molecule has 1 aromatic carbocycles. The van der Waals surface area contributed by atoms with E-state index in [1.54, 1.807) is 12.3 Å². The molecule has 0 bridgehead atoms. The van der Waals surface area contributed by atoms with Gasteiger partial charge in [-0.2, -0.15) is 0 Å². The van der Waals surface area contributed by atoms with Crippen LogP contribution >= 0.6 is 0 Å². The normalized spacial score (nSPS) is 18.6. The Morgan fingerprint density at radius 1 is 1.00 bits per heavy atom. The zero-order chi connectivity index (χ0) is 34.5. The number of carbonyl (C=O) groups excluding carboxylic acids is 2. The molecule has 0 aliphatic heterocycles. The molecule has 2 aliphatic carbocycles. The zero-order valence-corrected chi connectivity index (χ0v) is 28.9. The Morgan fingerprint density at radius 3 is 2.35 bits per heavy atom. The molecule has 0 spiro atoms. The molecule has 0 saturated heterocycles. The number of nitrogens with one attached hydrogen (secondary N) is 2. The van der Waals surface area contributed by atoms with Crippen LogP contribution in [0.4, 0.5) is 0 Å². The molecule has 4 rings (SSSR count). The van der Waals surface area contributed by atoms with E-state index in [-0.39, 0.29) is 31.7 Å². The minimum Gasteiger partial charge on any atom is -0.390 e. The van der Waals surface area contributed by atoms with E-state index in [0.717, 1.165) is 49.8 Å². The molecule has 0 unspecified atom stereocenters. The fraction of sp³-hybridized carbons (Fsp3) is 0.595. The van der Waals surface area contributed by atoms with Crippen LogP contribution in [0.1, 0.15) is 75.5 Å². The van der Waals surface area contributed by atoms with E-state index in [9.17, 15) is 28.2 Å². The second-order valence-corrected chi connectivity index (χ2v) is 15.7. The number of terminal acetylenes is 1. The van der Waals surface area contributed by atoms with Gasteiger partial charge in [-0.15, -0.1) is 12.3 Å². The molecule has 11 heteroatoms. The first kappa shape index (κ1) is 37.5. The summed E-state index contributed by atoms with van der Waals surface area (Å²) in [5.41, 5.74) is 1.55. The topological polar surface area (TPSA) is 149 Å². The van der Waals surface area contributed by atoms with Gasteiger partial charge in [0.2, 0.25) is 21.8 Å². The van der Waals surface area contributed by atoms with E-state index in [2.05, 4.69) is 21.5 Å². The number of benzene rings is 1. The van der Waals surface area contributed by atoms with E-state index in [0.29, 0.717) is 18.8 Å². The van der Waals surface area contributed by atoms with Crippen molar-refractivity contribution in [2.24, 2.45) is 17.8 Å². The van der Waals surface area contributed by atoms with Crippen molar-refractivity contribution < 1.29 is 28.2 Å². The maximum absolute atomic E-state index is 13.9. The number of aliphatic hydroxyl groups is 2. The third kappa shape index (κ3) is 11.7. The molecule has 48 heavy (non-hydrogen) atoms. The Hall–Kier alpha value is -3.30. The summed E-state index contributed by atoms with van der Waals surface area (Å²) < 4.78 is 28.3. The average Bonchev–Trinajstić information content (AvgIpc) is 3.95. The lowest BCUT2D eigenvalue weighted by molar-refractivity contribution is -0.132. The number of aliphatic hydroxyl groups excluding tert-OH is 2. The zero-order valence-electron chi connectivity index (χ0n) is 28.0. The molecule has 262 valence electrons. The SMILES string of the molecule is C#CCC[C@H](NC(=O)[C@H](Cc1ccccc1)CS(=O)(=O)N(C)CCc1ccccn1)C(=O)N[C@@H](CC1CCCCC1)[C@@H](O)[C@@H](O)C1CC1. The molecule has 2 fully saturated rings. The van der Waals surface area contributed by atoms with Crippen molar-refractivity contribution in [1.82, 2.24) is 19.9 Å². The molecular weight excluding hydrogens is 628 g/mol. The molecule has 1 aromatic heterocycles. The Labute approximate surface area is 286 Å². The van der Waals surface area contributed by atoms with Crippen LogP contribution in [-0.4, -0.2) is 83.4 Å². The number of rotatable bonds is 19. The van der Waals surface area contributed by atoms with E-state index in [4.69, 9.17) is 6.42 Å². The van der Waals surface area contributed by atoms with Crippen LogP contribution in [0.2, 0.25) is 0 Å². The molecule has 1 heterocycles.